The molecule has 27 heavy (non-hydrogen) atoms. The molecule has 2 amide bonds. The lowest BCUT2D eigenvalue weighted by molar-refractivity contribution is 0.134. The monoisotopic (exact) mass is 366 g/mol. The predicted octanol–water partition coefficient (Wildman–Crippen LogP) is 2.83. The van der Waals surface area contributed by atoms with Crippen molar-refractivity contribution in [3.05, 3.63) is 65.5 Å². The van der Waals surface area contributed by atoms with Gasteiger partial charge in [0.15, 0.2) is 0 Å². The van der Waals surface area contributed by atoms with Crippen LogP contribution in [0, 0.1) is 6.92 Å². The topological polar surface area (TPSA) is 94.0 Å². The molecule has 0 fully saturated rings. The third kappa shape index (κ3) is 5.11. The number of benzene rings is 2. The van der Waals surface area contributed by atoms with Crippen LogP contribution >= 0.6 is 0 Å². The highest BCUT2D eigenvalue weighted by Crippen LogP contribution is 2.18. The lowest BCUT2D eigenvalue weighted by Crippen LogP contribution is -2.28. The number of aryl methyl sites for hydroxylation is 1. The van der Waals surface area contributed by atoms with Crippen LogP contribution in [-0.4, -0.2) is 32.8 Å². The van der Waals surface area contributed by atoms with Crippen molar-refractivity contribution in [2.24, 2.45) is 0 Å². The number of nitrogens with zero attached hydrogens (tertiary/aromatic N) is 4. The van der Waals surface area contributed by atoms with Gasteiger partial charge < -0.3 is 15.4 Å². The van der Waals surface area contributed by atoms with Gasteiger partial charge in [0.2, 0.25) is 0 Å². The number of tetrazole rings is 1. The van der Waals surface area contributed by atoms with Crippen molar-refractivity contribution in [3.63, 3.8) is 0 Å². The third-order valence-corrected chi connectivity index (χ3v) is 4.01. The quantitative estimate of drug-likeness (QED) is 0.671. The van der Waals surface area contributed by atoms with Gasteiger partial charge in [-0.25, -0.2) is 9.48 Å². The van der Waals surface area contributed by atoms with Crippen molar-refractivity contribution in [2.45, 2.75) is 27.0 Å². The molecule has 0 unspecified atom stereocenters. The van der Waals surface area contributed by atoms with Crippen LogP contribution in [-0.2, 0) is 17.9 Å². The summed E-state index contributed by atoms with van der Waals surface area (Å²) in [6.07, 6.45) is 1.52. The second-order valence-corrected chi connectivity index (χ2v) is 6.02. The maximum atomic E-state index is 12.2. The van der Waals surface area contributed by atoms with E-state index < -0.39 is 0 Å². The zero-order chi connectivity index (χ0) is 19.1. The summed E-state index contributed by atoms with van der Waals surface area (Å²) in [4.78, 5) is 12.2. The lowest BCUT2D eigenvalue weighted by Gasteiger charge is -2.11. The van der Waals surface area contributed by atoms with E-state index in [2.05, 4.69) is 26.2 Å². The highest BCUT2D eigenvalue weighted by molar-refractivity contribution is 5.89. The maximum Gasteiger partial charge on any atom is 0.319 e. The van der Waals surface area contributed by atoms with Crippen LogP contribution in [0.1, 0.15) is 23.6 Å². The van der Waals surface area contributed by atoms with Gasteiger partial charge in [0.1, 0.15) is 6.33 Å². The fourth-order valence-electron chi connectivity index (χ4n) is 2.54. The molecule has 0 spiro atoms. The van der Waals surface area contributed by atoms with Crippen LogP contribution in [0.25, 0.3) is 5.69 Å². The van der Waals surface area contributed by atoms with Gasteiger partial charge in [-0.15, -0.1) is 5.10 Å². The molecule has 0 aliphatic carbocycles. The highest BCUT2D eigenvalue weighted by atomic mass is 16.5. The summed E-state index contributed by atoms with van der Waals surface area (Å²) in [7, 11) is 0. The van der Waals surface area contributed by atoms with Crippen molar-refractivity contribution >= 4 is 11.7 Å². The first-order valence-corrected chi connectivity index (χ1v) is 8.70. The Kier molecular flexibility index (Phi) is 6.11. The highest BCUT2D eigenvalue weighted by Gasteiger charge is 2.07. The van der Waals surface area contributed by atoms with Crippen LogP contribution in [0.3, 0.4) is 0 Å². The fraction of sp³-hybridized carbons (Fsp3) is 0.263. The van der Waals surface area contributed by atoms with Gasteiger partial charge in [0.05, 0.1) is 12.3 Å². The number of carbonyl (C=O) groups excluding carboxylic acids is 1. The SMILES string of the molecule is CCOCc1ccc(CNC(=O)Nc2ccc(C)c(-n3cnnn3)c2)cc1. The van der Waals surface area contributed by atoms with Gasteiger partial charge >= 0.3 is 6.03 Å². The van der Waals surface area contributed by atoms with E-state index in [1.165, 1.54) is 6.33 Å². The van der Waals surface area contributed by atoms with Crippen LogP contribution in [0.5, 0.6) is 0 Å². The second-order valence-electron chi connectivity index (χ2n) is 6.02. The Bertz CT molecular complexity index is 878. The van der Waals surface area contributed by atoms with Gasteiger partial charge in [0.25, 0.3) is 0 Å². The first kappa shape index (κ1) is 18.5. The molecular weight excluding hydrogens is 344 g/mol. The lowest BCUT2D eigenvalue weighted by atomic mass is 10.1. The molecule has 0 aliphatic rings. The van der Waals surface area contributed by atoms with Gasteiger partial charge in [-0.1, -0.05) is 30.3 Å². The number of hydrogen-bond donors (Lipinski definition) is 2. The third-order valence-electron chi connectivity index (χ3n) is 4.01. The summed E-state index contributed by atoms with van der Waals surface area (Å²) in [6, 6.07) is 13.3. The summed E-state index contributed by atoms with van der Waals surface area (Å²) in [5.41, 5.74) is 4.60. The number of nitrogens with one attached hydrogen (secondary N) is 2. The van der Waals surface area contributed by atoms with Crippen LogP contribution < -0.4 is 10.6 Å². The minimum atomic E-state index is -0.278. The number of hydrogen-bond acceptors (Lipinski definition) is 5. The molecule has 3 aromatic rings. The largest absolute Gasteiger partial charge is 0.377 e. The Morgan fingerprint density at radius 3 is 2.63 bits per heavy atom. The summed E-state index contributed by atoms with van der Waals surface area (Å²) in [5, 5.41) is 16.8. The van der Waals surface area contributed by atoms with Crippen LogP contribution in [0.2, 0.25) is 0 Å². The molecule has 1 aromatic heterocycles. The Morgan fingerprint density at radius 2 is 1.93 bits per heavy atom. The van der Waals surface area contributed by atoms with Crippen molar-refractivity contribution in [3.8, 4) is 5.69 Å². The molecule has 1 heterocycles. The first-order chi connectivity index (χ1) is 13.2. The van der Waals surface area contributed by atoms with E-state index in [1.807, 2.05) is 56.3 Å². The average molecular weight is 366 g/mol. The number of ether oxygens (including phenoxy) is 1. The number of urea groups is 1. The van der Waals surface area contributed by atoms with Crippen molar-refractivity contribution in [1.82, 2.24) is 25.5 Å². The van der Waals surface area contributed by atoms with Crippen molar-refractivity contribution in [2.75, 3.05) is 11.9 Å². The minimum absolute atomic E-state index is 0.278. The van der Waals surface area contributed by atoms with Gasteiger partial charge in [-0.3, -0.25) is 0 Å². The standard InChI is InChI=1S/C19H22N6O2/c1-3-27-12-16-7-5-15(6-8-16)11-20-19(26)22-17-9-4-14(2)18(10-17)25-13-21-23-24-25/h4-10,13H,3,11-12H2,1-2H3,(H2,20,22,26). The van der Waals surface area contributed by atoms with Gasteiger partial charge in [-0.05, 0) is 53.1 Å². The van der Waals surface area contributed by atoms with Gasteiger partial charge in [0, 0.05) is 18.8 Å². The smallest absolute Gasteiger partial charge is 0.319 e. The van der Waals surface area contributed by atoms with E-state index in [9.17, 15) is 4.79 Å². The molecule has 0 aliphatic heterocycles. The number of amides is 2. The number of rotatable bonds is 7. The van der Waals surface area contributed by atoms with Crippen molar-refractivity contribution < 1.29 is 9.53 Å². The number of aromatic nitrogens is 4. The molecule has 2 aromatic carbocycles. The molecule has 0 saturated carbocycles. The molecule has 140 valence electrons. The Hall–Kier alpha value is -3.26. The Balaban J connectivity index is 1.56. The molecule has 3 rings (SSSR count). The van der Waals surface area contributed by atoms with Gasteiger partial charge in [-0.2, -0.15) is 0 Å². The Morgan fingerprint density at radius 1 is 1.15 bits per heavy atom. The molecular formula is C19H22N6O2. The number of carbonyl (C=O) groups is 1. The molecule has 0 atom stereocenters. The average Bonchev–Trinajstić information content (AvgIpc) is 3.21. The molecule has 8 nitrogen and oxygen atoms in total. The summed E-state index contributed by atoms with van der Waals surface area (Å²) < 4.78 is 6.93. The summed E-state index contributed by atoms with van der Waals surface area (Å²) >= 11 is 0. The van der Waals surface area contributed by atoms with E-state index >= 15 is 0 Å². The normalized spacial score (nSPS) is 10.6. The van der Waals surface area contributed by atoms with Crippen LogP contribution in [0.15, 0.2) is 48.8 Å². The fourth-order valence-corrected chi connectivity index (χ4v) is 2.54. The van der Waals surface area contributed by atoms with E-state index in [1.54, 1.807) is 4.68 Å². The van der Waals surface area contributed by atoms with E-state index in [4.69, 9.17) is 4.74 Å². The maximum absolute atomic E-state index is 12.2. The van der Waals surface area contributed by atoms with E-state index in [0.29, 0.717) is 25.4 Å². The summed E-state index contributed by atoms with van der Waals surface area (Å²) in [6.45, 7) is 5.65. The zero-order valence-corrected chi connectivity index (χ0v) is 15.3. The minimum Gasteiger partial charge on any atom is -0.377 e. The molecule has 8 heteroatoms. The van der Waals surface area contributed by atoms with E-state index in [0.717, 1.165) is 22.4 Å². The number of anilines is 1. The second kappa shape index (κ2) is 8.91. The van der Waals surface area contributed by atoms with E-state index in [-0.39, 0.29) is 6.03 Å². The molecule has 0 radical (unpaired) electrons. The molecule has 2 N–H and O–H groups in total. The molecule has 0 bridgehead atoms. The van der Waals surface area contributed by atoms with Crippen molar-refractivity contribution in [1.29, 1.82) is 0 Å². The molecule has 0 saturated heterocycles. The predicted molar refractivity (Wildman–Crippen MR) is 102 cm³/mol. The van der Waals surface area contributed by atoms with Crippen LogP contribution in [0.4, 0.5) is 10.5 Å². The zero-order valence-electron chi connectivity index (χ0n) is 15.3. The summed E-state index contributed by atoms with van der Waals surface area (Å²) in [5.74, 6) is 0. The first-order valence-electron chi connectivity index (χ1n) is 8.70. The Labute approximate surface area is 157 Å².